The van der Waals surface area contributed by atoms with Crippen LogP contribution in [0.5, 0.6) is 0 Å². The van der Waals surface area contributed by atoms with Gasteiger partial charge in [-0.05, 0) is 25.8 Å². The lowest BCUT2D eigenvalue weighted by molar-refractivity contribution is -0.0212. The van der Waals surface area contributed by atoms with Crippen LogP contribution in [0.2, 0.25) is 0 Å². The van der Waals surface area contributed by atoms with Gasteiger partial charge in [0.15, 0.2) is 5.78 Å². The highest BCUT2D eigenvalue weighted by Gasteiger charge is 2.21. The number of carbonyl (C=O) groups excluding carboxylic acids is 1. The molecule has 0 heterocycles. The van der Waals surface area contributed by atoms with Crippen LogP contribution in [0, 0.1) is 0 Å². The molecule has 0 amide bonds. The van der Waals surface area contributed by atoms with Gasteiger partial charge in [0.05, 0.1) is 5.60 Å². The summed E-state index contributed by atoms with van der Waals surface area (Å²) in [6.07, 6.45) is 0.994. The predicted octanol–water partition coefficient (Wildman–Crippen LogP) is 4.58. The molecule has 0 aliphatic carbocycles. The topological polar surface area (TPSA) is 26.3 Å². The Labute approximate surface area is 126 Å². The summed E-state index contributed by atoms with van der Waals surface area (Å²) in [6, 6.07) is 17.1. The van der Waals surface area contributed by atoms with Crippen LogP contribution in [0.15, 0.2) is 54.6 Å². The molecule has 0 saturated carbocycles. The zero-order valence-electron chi connectivity index (χ0n) is 12.9. The first-order chi connectivity index (χ1) is 10.0. The number of carbonyl (C=O) groups is 1. The SMILES string of the molecule is CCCOC(C)(C)c1ccc(C(=O)c2ccccc2)cc1. The van der Waals surface area contributed by atoms with Crippen molar-refractivity contribution in [1.29, 1.82) is 0 Å². The number of ketones is 1. The van der Waals surface area contributed by atoms with Crippen molar-refractivity contribution in [1.82, 2.24) is 0 Å². The highest BCUT2D eigenvalue weighted by Crippen LogP contribution is 2.25. The van der Waals surface area contributed by atoms with Crippen LogP contribution in [-0.4, -0.2) is 12.4 Å². The van der Waals surface area contributed by atoms with Gasteiger partial charge in [0.2, 0.25) is 0 Å². The van der Waals surface area contributed by atoms with Crippen molar-refractivity contribution in [3.05, 3.63) is 71.3 Å². The summed E-state index contributed by atoms with van der Waals surface area (Å²) in [5.74, 6) is 0.0504. The summed E-state index contributed by atoms with van der Waals surface area (Å²) >= 11 is 0. The molecule has 0 aliphatic heterocycles. The Morgan fingerprint density at radius 1 is 0.952 bits per heavy atom. The Balaban J connectivity index is 2.17. The molecule has 0 fully saturated rings. The zero-order valence-corrected chi connectivity index (χ0v) is 12.9. The van der Waals surface area contributed by atoms with Crippen molar-refractivity contribution >= 4 is 5.78 Å². The van der Waals surface area contributed by atoms with Crippen molar-refractivity contribution in [3.8, 4) is 0 Å². The Kier molecular flexibility index (Phi) is 4.92. The van der Waals surface area contributed by atoms with Gasteiger partial charge in [-0.1, -0.05) is 61.5 Å². The first-order valence-electron chi connectivity index (χ1n) is 7.39. The van der Waals surface area contributed by atoms with Gasteiger partial charge in [-0.25, -0.2) is 0 Å². The molecule has 2 aromatic carbocycles. The minimum atomic E-state index is -0.329. The summed E-state index contributed by atoms with van der Waals surface area (Å²) in [5, 5.41) is 0. The third kappa shape index (κ3) is 3.79. The molecule has 2 heteroatoms. The minimum absolute atomic E-state index is 0.0504. The number of benzene rings is 2. The maximum absolute atomic E-state index is 12.3. The third-order valence-electron chi connectivity index (χ3n) is 3.55. The van der Waals surface area contributed by atoms with E-state index in [2.05, 4.69) is 20.8 Å². The molecule has 0 spiro atoms. The van der Waals surface area contributed by atoms with Gasteiger partial charge < -0.3 is 4.74 Å². The fourth-order valence-electron chi connectivity index (χ4n) is 2.22. The highest BCUT2D eigenvalue weighted by atomic mass is 16.5. The van der Waals surface area contributed by atoms with E-state index in [9.17, 15) is 4.79 Å². The summed E-state index contributed by atoms with van der Waals surface area (Å²) in [6.45, 7) is 6.93. The molecule has 2 rings (SSSR count). The van der Waals surface area contributed by atoms with Gasteiger partial charge in [-0.15, -0.1) is 0 Å². The molecule has 0 bridgehead atoms. The Hall–Kier alpha value is -1.93. The molecule has 21 heavy (non-hydrogen) atoms. The Bertz CT molecular complexity index is 583. The van der Waals surface area contributed by atoms with E-state index in [1.54, 1.807) is 0 Å². The number of ether oxygens (including phenoxy) is 1. The lowest BCUT2D eigenvalue weighted by Crippen LogP contribution is -2.22. The van der Waals surface area contributed by atoms with Crippen LogP contribution in [0.3, 0.4) is 0 Å². The maximum Gasteiger partial charge on any atom is 0.193 e. The van der Waals surface area contributed by atoms with Crippen LogP contribution in [0.1, 0.15) is 48.7 Å². The number of rotatable bonds is 6. The van der Waals surface area contributed by atoms with Gasteiger partial charge >= 0.3 is 0 Å². The Morgan fingerprint density at radius 3 is 2.10 bits per heavy atom. The van der Waals surface area contributed by atoms with E-state index < -0.39 is 0 Å². The van der Waals surface area contributed by atoms with Crippen molar-refractivity contribution in [3.63, 3.8) is 0 Å². The predicted molar refractivity (Wildman–Crippen MR) is 85.6 cm³/mol. The second kappa shape index (κ2) is 6.68. The molecule has 0 aromatic heterocycles. The second-order valence-electron chi connectivity index (χ2n) is 5.63. The van der Waals surface area contributed by atoms with E-state index in [-0.39, 0.29) is 11.4 Å². The standard InChI is InChI=1S/C19H22O2/c1-4-14-21-19(2,3)17-12-10-16(11-13-17)18(20)15-8-6-5-7-9-15/h5-13H,4,14H2,1-3H3. The van der Waals surface area contributed by atoms with E-state index in [1.807, 2.05) is 54.6 Å². The molecule has 0 N–H and O–H groups in total. The van der Waals surface area contributed by atoms with Crippen LogP contribution in [0.25, 0.3) is 0 Å². The summed E-state index contributed by atoms with van der Waals surface area (Å²) in [5.41, 5.74) is 2.17. The van der Waals surface area contributed by atoms with Crippen LogP contribution < -0.4 is 0 Å². The fraction of sp³-hybridized carbons (Fsp3) is 0.316. The molecule has 2 nitrogen and oxygen atoms in total. The molecule has 0 aliphatic rings. The van der Waals surface area contributed by atoms with Gasteiger partial charge in [-0.3, -0.25) is 4.79 Å². The van der Waals surface area contributed by atoms with Crippen molar-refractivity contribution in [2.45, 2.75) is 32.8 Å². The first-order valence-corrected chi connectivity index (χ1v) is 7.39. The quantitative estimate of drug-likeness (QED) is 0.725. The third-order valence-corrected chi connectivity index (χ3v) is 3.55. The lowest BCUT2D eigenvalue weighted by atomic mass is 9.95. The van der Waals surface area contributed by atoms with Crippen LogP contribution in [0.4, 0.5) is 0 Å². The van der Waals surface area contributed by atoms with Gasteiger partial charge in [0, 0.05) is 17.7 Å². The van der Waals surface area contributed by atoms with Gasteiger partial charge in [0.1, 0.15) is 0 Å². The lowest BCUT2D eigenvalue weighted by Gasteiger charge is -2.26. The molecule has 0 radical (unpaired) electrons. The average molecular weight is 282 g/mol. The van der Waals surface area contributed by atoms with E-state index in [4.69, 9.17) is 4.74 Å². The normalized spacial score (nSPS) is 11.4. The maximum atomic E-state index is 12.3. The van der Waals surface area contributed by atoms with Crippen LogP contribution in [-0.2, 0) is 10.3 Å². The monoisotopic (exact) mass is 282 g/mol. The smallest absolute Gasteiger partial charge is 0.193 e. The highest BCUT2D eigenvalue weighted by molar-refractivity contribution is 6.08. The molecule has 110 valence electrons. The molecule has 0 unspecified atom stereocenters. The average Bonchev–Trinajstić information content (AvgIpc) is 2.53. The molecule has 0 atom stereocenters. The van der Waals surface area contributed by atoms with E-state index in [1.165, 1.54) is 0 Å². The van der Waals surface area contributed by atoms with Crippen molar-refractivity contribution < 1.29 is 9.53 Å². The fourth-order valence-corrected chi connectivity index (χ4v) is 2.22. The van der Waals surface area contributed by atoms with E-state index in [0.29, 0.717) is 11.1 Å². The minimum Gasteiger partial charge on any atom is -0.371 e. The second-order valence-corrected chi connectivity index (χ2v) is 5.63. The largest absolute Gasteiger partial charge is 0.371 e. The van der Waals surface area contributed by atoms with Crippen molar-refractivity contribution in [2.75, 3.05) is 6.61 Å². The Morgan fingerprint density at radius 2 is 1.52 bits per heavy atom. The number of hydrogen-bond donors (Lipinski definition) is 0. The van der Waals surface area contributed by atoms with E-state index in [0.717, 1.165) is 18.6 Å². The molecule has 2 aromatic rings. The van der Waals surface area contributed by atoms with Crippen molar-refractivity contribution in [2.24, 2.45) is 0 Å². The molecule has 0 saturated heterocycles. The summed E-state index contributed by atoms with van der Waals surface area (Å²) in [4.78, 5) is 12.3. The molecular weight excluding hydrogens is 260 g/mol. The first kappa shape index (κ1) is 15.5. The zero-order chi connectivity index (χ0) is 15.3. The van der Waals surface area contributed by atoms with Gasteiger partial charge in [-0.2, -0.15) is 0 Å². The van der Waals surface area contributed by atoms with E-state index >= 15 is 0 Å². The number of hydrogen-bond acceptors (Lipinski definition) is 2. The summed E-state index contributed by atoms with van der Waals surface area (Å²) < 4.78 is 5.86. The summed E-state index contributed by atoms with van der Waals surface area (Å²) in [7, 11) is 0. The molecular formula is C19H22O2. The van der Waals surface area contributed by atoms with Crippen LogP contribution >= 0.6 is 0 Å². The van der Waals surface area contributed by atoms with Gasteiger partial charge in [0.25, 0.3) is 0 Å².